The van der Waals surface area contributed by atoms with Crippen LogP contribution >= 0.6 is 0 Å². The molecular formula is C21H24N2O3. The van der Waals surface area contributed by atoms with Crippen molar-refractivity contribution in [3.8, 4) is 0 Å². The van der Waals surface area contributed by atoms with Crippen LogP contribution in [-0.2, 0) is 6.54 Å². The molecule has 0 spiro atoms. The number of rotatable bonds is 6. The number of hydrogen-bond donors (Lipinski definition) is 1. The summed E-state index contributed by atoms with van der Waals surface area (Å²) in [6.45, 7) is 4.44. The number of amides is 1. The van der Waals surface area contributed by atoms with Gasteiger partial charge in [0.15, 0.2) is 5.78 Å². The maximum Gasteiger partial charge on any atom is 0.263 e. The van der Waals surface area contributed by atoms with Gasteiger partial charge in [0.2, 0.25) is 0 Å². The maximum absolute atomic E-state index is 12.7. The Morgan fingerprint density at radius 2 is 2.00 bits per heavy atom. The van der Waals surface area contributed by atoms with Crippen LogP contribution in [0.15, 0.2) is 41.3 Å². The summed E-state index contributed by atoms with van der Waals surface area (Å²) >= 11 is 0. The molecule has 1 saturated carbocycles. The molecule has 26 heavy (non-hydrogen) atoms. The van der Waals surface area contributed by atoms with Crippen molar-refractivity contribution in [2.45, 2.75) is 33.2 Å². The van der Waals surface area contributed by atoms with Gasteiger partial charge in [-0.05, 0) is 36.8 Å². The first-order valence-electron chi connectivity index (χ1n) is 8.94. The third-order valence-corrected chi connectivity index (χ3v) is 5.04. The number of benzene rings is 1. The molecule has 0 aliphatic heterocycles. The minimum absolute atomic E-state index is 0.00912. The van der Waals surface area contributed by atoms with E-state index in [-0.39, 0.29) is 16.9 Å². The molecule has 5 heteroatoms. The lowest BCUT2D eigenvalue weighted by Crippen LogP contribution is -2.32. The smallest absolute Gasteiger partial charge is 0.263 e. The zero-order valence-corrected chi connectivity index (χ0v) is 15.4. The lowest BCUT2D eigenvalue weighted by molar-refractivity contribution is 0.0961. The zero-order chi connectivity index (χ0) is 18.8. The van der Waals surface area contributed by atoms with Crippen LogP contribution in [0.2, 0.25) is 0 Å². The van der Waals surface area contributed by atoms with E-state index in [0.29, 0.717) is 30.4 Å². The Bertz CT molecular complexity index is 914. The van der Waals surface area contributed by atoms with Gasteiger partial charge in [0.1, 0.15) is 5.56 Å². The van der Waals surface area contributed by atoms with Crippen LogP contribution in [0.3, 0.4) is 0 Å². The summed E-state index contributed by atoms with van der Waals surface area (Å²) in [7, 11) is 1.48. The lowest BCUT2D eigenvalue weighted by Gasteiger charge is -2.12. The van der Waals surface area contributed by atoms with Crippen molar-refractivity contribution in [1.29, 1.82) is 0 Å². The second-order valence-corrected chi connectivity index (χ2v) is 7.24. The summed E-state index contributed by atoms with van der Waals surface area (Å²) in [6, 6.07) is 9.27. The number of pyridine rings is 1. The van der Waals surface area contributed by atoms with Crippen molar-refractivity contribution >= 4 is 11.7 Å². The van der Waals surface area contributed by atoms with E-state index in [9.17, 15) is 14.4 Å². The average molecular weight is 352 g/mol. The molecule has 1 N–H and O–H groups in total. The molecular weight excluding hydrogens is 328 g/mol. The number of nitrogens with one attached hydrogen (secondary N) is 1. The predicted molar refractivity (Wildman–Crippen MR) is 101 cm³/mol. The summed E-state index contributed by atoms with van der Waals surface area (Å²) in [5.74, 6) is 0.517. The monoisotopic (exact) mass is 352 g/mol. The number of carbonyl (C=O) groups is 2. The summed E-state index contributed by atoms with van der Waals surface area (Å²) in [5, 5.41) is 2.49. The molecule has 0 bridgehead atoms. The van der Waals surface area contributed by atoms with Gasteiger partial charge in [0, 0.05) is 25.2 Å². The van der Waals surface area contributed by atoms with E-state index in [0.717, 1.165) is 17.5 Å². The van der Waals surface area contributed by atoms with E-state index in [4.69, 9.17) is 0 Å². The van der Waals surface area contributed by atoms with Gasteiger partial charge < -0.3 is 9.88 Å². The van der Waals surface area contributed by atoms with E-state index < -0.39 is 5.91 Å². The van der Waals surface area contributed by atoms with Gasteiger partial charge in [-0.25, -0.2) is 0 Å². The molecule has 2 aromatic rings. The van der Waals surface area contributed by atoms with Crippen LogP contribution in [0.5, 0.6) is 0 Å². The molecule has 0 saturated heterocycles. The Morgan fingerprint density at radius 1 is 1.27 bits per heavy atom. The predicted octanol–water partition coefficient (Wildman–Crippen LogP) is 2.79. The first-order valence-corrected chi connectivity index (χ1v) is 8.94. The fourth-order valence-corrected chi connectivity index (χ4v) is 3.25. The van der Waals surface area contributed by atoms with Gasteiger partial charge in [-0.3, -0.25) is 14.4 Å². The molecule has 1 aliphatic carbocycles. The SMILES string of the molecule is CNC(=O)c1cc(C(=O)C[C@@H]2C[C@H]2C)cn(Cc2cccc(C)c2)c1=O. The van der Waals surface area contributed by atoms with Gasteiger partial charge in [0.05, 0.1) is 6.54 Å². The van der Waals surface area contributed by atoms with Crippen LogP contribution in [-0.4, -0.2) is 23.3 Å². The van der Waals surface area contributed by atoms with E-state index in [1.807, 2.05) is 31.2 Å². The molecule has 1 aromatic heterocycles. The van der Waals surface area contributed by atoms with E-state index in [2.05, 4.69) is 12.2 Å². The Kier molecular flexibility index (Phi) is 5.07. The third kappa shape index (κ3) is 3.93. The molecule has 3 rings (SSSR count). The normalized spacial score (nSPS) is 18.4. The summed E-state index contributed by atoms with van der Waals surface area (Å²) in [4.78, 5) is 37.5. The molecule has 1 heterocycles. The molecule has 0 radical (unpaired) electrons. The number of carbonyl (C=O) groups excluding carboxylic acids is 2. The van der Waals surface area contributed by atoms with Gasteiger partial charge in [0.25, 0.3) is 11.5 Å². The summed E-state index contributed by atoms with van der Waals surface area (Å²) < 4.78 is 1.46. The van der Waals surface area contributed by atoms with Crippen molar-refractivity contribution < 1.29 is 9.59 Å². The quantitative estimate of drug-likeness (QED) is 0.813. The van der Waals surface area contributed by atoms with Crippen molar-refractivity contribution in [2.75, 3.05) is 7.05 Å². The number of hydrogen-bond acceptors (Lipinski definition) is 3. The van der Waals surface area contributed by atoms with Crippen LogP contribution in [0, 0.1) is 18.8 Å². The average Bonchev–Trinajstić information content (AvgIpc) is 3.30. The highest BCUT2D eigenvalue weighted by molar-refractivity contribution is 6.00. The van der Waals surface area contributed by atoms with Gasteiger partial charge in [-0.1, -0.05) is 36.8 Å². The van der Waals surface area contributed by atoms with Crippen molar-refractivity contribution in [2.24, 2.45) is 11.8 Å². The fraction of sp³-hybridized carbons (Fsp3) is 0.381. The summed E-state index contributed by atoms with van der Waals surface area (Å²) in [6.07, 6.45) is 3.13. The highest BCUT2D eigenvalue weighted by Crippen LogP contribution is 2.41. The van der Waals surface area contributed by atoms with Crippen molar-refractivity contribution in [3.05, 3.63) is 69.1 Å². The Morgan fingerprint density at radius 3 is 2.62 bits per heavy atom. The maximum atomic E-state index is 12.7. The van der Waals surface area contributed by atoms with Crippen LogP contribution in [0.1, 0.15) is 51.6 Å². The van der Waals surface area contributed by atoms with Crippen LogP contribution in [0.25, 0.3) is 0 Å². The number of ketones is 1. The molecule has 1 aromatic carbocycles. The first-order chi connectivity index (χ1) is 12.4. The molecule has 136 valence electrons. The molecule has 2 atom stereocenters. The molecule has 1 fully saturated rings. The number of nitrogens with zero attached hydrogens (tertiary/aromatic N) is 1. The second-order valence-electron chi connectivity index (χ2n) is 7.24. The number of aromatic nitrogens is 1. The number of aryl methyl sites for hydroxylation is 1. The first kappa shape index (κ1) is 18.1. The number of Topliss-reactive ketones (excluding diaryl/α,β-unsaturated/α-hetero) is 1. The second kappa shape index (κ2) is 7.28. The Balaban J connectivity index is 1.98. The molecule has 1 amide bonds. The van der Waals surface area contributed by atoms with Crippen molar-refractivity contribution in [3.63, 3.8) is 0 Å². The van der Waals surface area contributed by atoms with E-state index >= 15 is 0 Å². The minimum Gasteiger partial charge on any atom is -0.355 e. The highest BCUT2D eigenvalue weighted by Gasteiger charge is 2.34. The summed E-state index contributed by atoms with van der Waals surface area (Å²) in [5.41, 5.74) is 2.10. The minimum atomic E-state index is -0.470. The Labute approximate surface area is 153 Å². The van der Waals surface area contributed by atoms with Gasteiger partial charge >= 0.3 is 0 Å². The fourth-order valence-electron chi connectivity index (χ4n) is 3.25. The molecule has 0 unspecified atom stereocenters. The largest absolute Gasteiger partial charge is 0.355 e. The highest BCUT2D eigenvalue weighted by atomic mass is 16.2. The molecule has 1 aliphatic rings. The third-order valence-electron chi connectivity index (χ3n) is 5.04. The van der Waals surface area contributed by atoms with E-state index in [1.165, 1.54) is 17.7 Å². The molecule has 5 nitrogen and oxygen atoms in total. The zero-order valence-electron chi connectivity index (χ0n) is 15.4. The van der Waals surface area contributed by atoms with Crippen LogP contribution in [0.4, 0.5) is 0 Å². The Hall–Kier alpha value is -2.69. The van der Waals surface area contributed by atoms with Gasteiger partial charge in [-0.15, -0.1) is 0 Å². The standard InChI is InChI=1S/C21H24N2O3/c1-13-5-4-6-15(7-13)11-23-12-17(19(24)10-16-8-14(16)2)9-18(21(23)26)20(25)22-3/h4-7,9,12,14,16H,8,10-11H2,1-3H3,(H,22,25)/t14-,16+/m1/s1. The van der Waals surface area contributed by atoms with Crippen molar-refractivity contribution in [1.82, 2.24) is 9.88 Å². The van der Waals surface area contributed by atoms with Gasteiger partial charge in [-0.2, -0.15) is 0 Å². The lowest BCUT2D eigenvalue weighted by atomic mass is 10.0. The topological polar surface area (TPSA) is 68.2 Å². The van der Waals surface area contributed by atoms with E-state index in [1.54, 1.807) is 6.20 Å². The van der Waals surface area contributed by atoms with Crippen LogP contribution < -0.4 is 10.9 Å².